The Kier molecular flexibility index (Phi) is 14.0. The van der Waals surface area contributed by atoms with Crippen LogP contribution in [0.5, 0.6) is 0 Å². The van der Waals surface area contributed by atoms with Crippen LogP contribution in [0.1, 0.15) is 96.1 Å². The summed E-state index contributed by atoms with van der Waals surface area (Å²) in [6.45, 7) is 8.31. The molecule has 0 aliphatic carbocycles. The van der Waals surface area contributed by atoms with Crippen LogP contribution in [0.25, 0.3) is 0 Å². The molecule has 1 unspecified atom stereocenters. The summed E-state index contributed by atoms with van der Waals surface area (Å²) in [6, 6.07) is 10.9. The molecular weight excluding hydrogens is 324 g/mol. The maximum absolute atomic E-state index is 6.24. The normalized spacial score (nSPS) is 12.6. The van der Waals surface area contributed by atoms with Crippen LogP contribution in [0.15, 0.2) is 30.3 Å². The van der Waals surface area contributed by atoms with E-state index in [0.29, 0.717) is 5.54 Å². The molecule has 2 nitrogen and oxygen atoms in total. The Labute approximate surface area is 158 Å². The highest BCUT2D eigenvalue weighted by atomic mass is 28.3. The van der Waals surface area contributed by atoms with E-state index in [4.69, 9.17) is 8.85 Å². The largest absolute Gasteiger partial charge is 0.396 e. The third-order valence-electron chi connectivity index (χ3n) is 4.65. The molecule has 0 saturated heterocycles. The first kappa shape index (κ1) is 22.4. The molecule has 0 amide bonds. The predicted octanol–water partition coefficient (Wildman–Crippen LogP) is 6.52. The van der Waals surface area contributed by atoms with Crippen LogP contribution >= 0.6 is 0 Å². The van der Waals surface area contributed by atoms with Crippen molar-refractivity contribution in [3.05, 3.63) is 35.9 Å². The number of hydrogen-bond acceptors (Lipinski definition) is 2. The zero-order chi connectivity index (χ0) is 18.2. The molecule has 1 aromatic carbocycles. The molecule has 1 atom stereocenters. The molecule has 0 radical (unpaired) electrons. The van der Waals surface area contributed by atoms with Crippen LogP contribution < -0.4 is 0 Å². The fourth-order valence-electron chi connectivity index (χ4n) is 3.23. The molecule has 0 bridgehead atoms. The van der Waals surface area contributed by atoms with Crippen molar-refractivity contribution in [2.45, 2.75) is 90.5 Å². The summed E-state index contributed by atoms with van der Waals surface area (Å²) in [6.07, 6.45) is 12.9. The van der Waals surface area contributed by atoms with Gasteiger partial charge in [0.25, 0.3) is 0 Å². The van der Waals surface area contributed by atoms with Gasteiger partial charge < -0.3 is 8.85 Å². The lowest BCUT2D eigenvalue weighted by Crippen LogP contribution is -2.32. The van der Waals surface area contributed by atoms with Crippen molar-refractivity contribution in [3.63, 3.8) is 0 Å². The highest BCUT2D eigenvalue weighted by molar-refractivity contribution is 6.46. The van der Waals surface area contributed by atoms with Crippen molar-refractivity contribution >= 4 is 9.28 Å². The predicted molar refractivity (Wildman–Crippen MR) is 111 cm³/mol. The third kappa shape index (κ3) is 10.2. The van der Waals surface area contributed by atoms with Crippen LogP contribution in [-0.2, 0) is 8.85 Å². The maximum Gasteiger partial charge on any atom is 0.329 e. The Morgan fingerprint density at radius 2 is 1.28 bits per heavy atom. The molecule has 0 fully saturated rings. The summed E-state index contributed by atoms with van der Waals surface area (Å²) in [5.41, 5.74) is 1.90. The summed E-state index contributed by atoms with van der Waals surface area (Å²) in [4.78, 5) is 0. The van der Waals surface area contributed by atoms with E-state index in [1.54, 1.807) is 0 Å². The zero-order valence-corrected chi connectivity index (χ0v) is 18.0. The number of unbranched alkanes of at least 4 members (excludes halogenated alkanes) is 6. The van der Waals surface area contributed by atoms with Crippen molar-refractivity contribution in [2.75, 3.05) is 13.2 Å². The number of benzene rings is 1. The Morgan fingerprint density at radius 3 is 1.84 bits per heavy atom. The van der Waals surface area contributed by atoms with Gasteiger partial charge in [0.05, 0.1) is 0 Å². The smallest absolute Gasteiger partial charge is 0.329 e. The second-order valence-corrected chi connectivity index (χ2v) is 9.25. The third-order valence-corrected chi connectivity index (χ3v) is 7.15. The second kappa shape index (κ2) is 15.6. The molecule has 0 aliphatic rings. The van der Waals surface area contributed by atoms with Gasteiger partial charge in [-0.25, -0.2) is 0 Å². The van der Waals surface area contributed by atoms with E-state index in [9.17, 15) is 0 Å². The van der Waals surface area contributed by atoms with Crippen LogP contribution in [-0.4, -0.2) is 22.5 Å². The van der Waals surface area contributed by atoms with Gasteiger partial charge in [-0.15, -0.1) is 0 Å². The summed E-state index contributed by atoms with van der Waals surface area (Å²) in [7, 11) is -1.68. The minimum atomic E-state index is -1.68. The summed E-state index contributed by atoms with van der Waals surface area (Å²) in [5.74, 6) is 0. The standard InChI is InChI=1S/C22H40O2Si/c1-4-7-8-9-10-11-15-18-22(21-16-13-12-14-17-21)25(23-19-5-2)24-20-6-3/h12-14,16-17,22,25H,4-11,15,18-20H2,1-3H3. The molecule has 0 heterocycles. The van der Waals surface area contributed by atoms with Crippen molar-refractivity contribution in [1.82, 2.24) is 0 Å². The van der Waals surface area contributed by atoms with E-state index in [1.807, 2.05) is 0 Å². The van der Waals surface area contributed by atoms with Gasteiger partial charge in [-0.2, -0.15) is 0 Å². The molecule has 0 saturated carbocycles. The first-order chi connectivity index (χ1) is 12.3. The Balaban J connectivity index is 2.58. The zero-order valence-electron chi connectivity index (χ0n) is 16.8. The van der Waals surface area contributed by atoms with E-state index in [0.717, 1.165) is 26.1 Å². The van der Waals surface area contributed by atoms with Crippen LogP contribution in [0.2, 0.25) is 0 Å². The van der Waals surface area contributed by atoms with Gasteiger partial charge in [0.1, 0.15) is 0 Å². The van der Waals surface area contributed by atoms with Gasteiger partial charge in [-0.3, -0.25) is 0 Å². The summed E-state index contributed by atoms with van der Waals surface area (Å²) < 4.78 is 12.5. The van der Waals surface area contributed by atoms with Gasteiger partial charge in [0, 0.05) is 18.8 Å². The molecular formula is C22H40O2Si. The quantitative estimate of drug-likeness (QED) is 0.245. The topological polar surface area (TPSA) is 18.5 Å². The fourth-order valence-corrected chi connectivity index (χ4v) is 5.77. The highest BCUT2D eigenvalue weighted by Crippen LogP contribution is 2.27. The Morgan fingerprint density at radius 1 is 0.720 bits per heavy atom. The van der Waals surface area contributed by atoms with Gasteiger partial charge in [0.15, 0.2) is 0 Å². The molecule has 3 heteroatoms. The summed E-state index contributed by atoms with van der Waals surface area (Å²) >= 11 is 0. The van der Waals surface area contributed by atoms with Crippen molar-refractivity contribution in [1.29, 1.82) is 0 Å². The van der Waals surface area contributed by atoms with Crippen molar-refractivity contribution in [3.8, 4) is 0 Å². The average Bonchev–Trinajstić information content (AvgIpc) is 2.65. The fraction of sp³-hybridized carbons (Fsp3) is 0.727. The SMILES string of the molecule is CCCCCCCCCC(c1ccccc1)[SiH](OCCC)OCCC. The number of hydrogen-bond donors (Lipinski definition) is 0. The Hall–Kier alpha value is -0.643. The minimum Gasteiger partial charge on any atom is -0.396 e. The molecule has 25 heavy (non-hydrogen) atoms. The first-order valence-corrected chi connectivity index (χ1v) is 12.2. The lowest BCUT2D eigenvalue weighted by Gasteiger charge is -2.26. The Bertz CT molecular complexity index is 388. The average molecular weight is 365 g/mol. The second-order valence-electron chi connectivity index (χ2n) is 7.04. The van der Waals surface area contributed by atoms with Gasteiger partial charge in [0.2, 0.25) is 0 Å². The van der Waals surface area contributed by atoms with E-state index in [-0.39, 0.29) is 0 Å². The van der Waals surface area contributed by atoms with Crippen LogP contribution in [0, 0.1) is 0 Å². The molecule has 1 aromatic rings. The minimum absolute atomic E-state index is 0.481. The maximum atomic E-state index is 6.24. The lowest BCUT2D eigenvalue weighted by molar-refractivity contribution is 0.186. The molecule has 0 N–H and O–H groups in total. The van der Waals surface area contributed by atoms with Gasteiger partial charge in [-0.1, -0.05) is 96.0 Å². The van der Waals surface area contributed by atoms with Gasteiger partial charge in [-0.05, 0) is 24.8 Å². The molecule has 0 aromatic heterocycles. The highest BCUT2D eigenvalue weighted by Gasteiger charge is 2.27. The first-order valence-electron chi connectivity index (χ1n) is 10.6. The van der Waals surface area contributed by atoms with Crippen molar-refractivity contribution in [2.24, 2.45) is 0 Å². The lowest BCUT2D eigenvalue weighted by atomic mass is 10.0. The van der Waals surface area contributed by atoms with Gasteiger partial charge >= 0.3 is 9.28 Å². The summed E-state index contributed by atoms with van der Waals surface area (Å²) in [5, 5.41) is 0. The monoisotopic (exact) mass is 364 g/mol. The molecule has 0 aliphatic heterocycles. The van der Waals surface area contributed by atoms with E-state index < -0.39 is 9.28 Å². The molecule has 1 rings (SSSR count). The van der Waals surface area contributed by atoms with Crippen LogP contribution in [0.4, 0.5) is 0 Å². The van der Waals surface area contributed by atoms with E-state index >= 15 is 0 Å². The van der Waals surface area contributed by atoms with E-state index in [2.05, 4.69) is 51.1 Å². The van der Waals surface area contributed by atoms with E-state index in [1.165, 1.54) is 56.9 Å². The van der Waals surface area contributed by atoms with Crippen LogP contribution in [0.3, 0.4) is 0 Å². The number of rotatable bonds is 16. The molecule has 144 valence electrons. The van der Waals surface area contributed by atoms with Crippen molar-refractivity contribution < 1.29 is 8.85 Å². The molecule has 0 spiro atoms.